The second kappa shape index (κ2) is 5.98. The molecule has 0 unspecified atom stereocenters. The Morgan fingerprint density at radius 3 is 2.74 bits per heavy atom. The predicted molar refractivity (Wildman–Crippen MR) is 77.0 cm³/mol. The first-order chi connectivity index (χ1) is 8.94. The molecule has 1 aromatic heterocycles. The Hall–Kier alpha value is -0.980. The zero-order chi connectivity index (χ0) is 13.9. The molecule has 0 aliphatic heterocycles. The van der Waals surface area contributed by atoms with Crippen molar-refractivity contribution in [3.05, 3.63) is 35.1 Å². The van der Waals surface area contributed by atoms with E-state index >= 15 is 0 Å². The fourth-order valence-corrected chi connectivity index (χ4v) is 2.84. The zero-order valence-corrected chi connectivity index (χ0v) is 12.7. The molecule has 0 amide bonds. The summed E-state index contributed by atoms with van der Waals surface area (Å²) in [4.78, 5) is 0.580. The Morgan fingerprint density at radius 2 is 2.16 bits per heavy atom. The van der Waals surface area contributed by atoms with Crippen molar-refractivity contribution in [3.8, 4) is 0 Å². The van der Waals surface area contributed by atoms with Crippen LogP contribution in [0.2, 0.25) is 0 Å². The summed E-state index contributed by atoms with van der Waals surface area (Å²) < 4.78 is 14.7. The highest BCUT2D eigenvalue weighted by atomic mass is 32.2. The molecule has 1 N–H and O–H groups in total. The van der Waals surface area contributed by atoms with Gasteiger partial charge in [0.2, 0.25) is 0 Å². The molecule has 6 heteroatoms. The molecular formula is C13H16FN3S2. The van der Waals surface area contributed by atoms with Gasteiger partial charge in [-0.15, -0.1) is 10.2 Å². The standard InChI is InChI=1S/C13H16FN3S2/c1-13(2,3)15-7-9-4-5-11(10(14)6-9)19-12-17-16-8-18-12/h4-6,8,15H,7H2,1-3H3. The molecule has 0 radical (unpaired) electrons. The summed E-state index contributed by atoms with van der Waals surface area (Å²) in [5, 5.41) is 11.0. The summed E-state index contributed by atoms with van der Waals surface area (Å²) in [5.74, 6) is -0.214. The minimum atomic E-state index is -0.214. The van der Waals surface area contributed by atoms with E-state index in [9.17, 15) is 4.39 Å². The van der Waals surface area contributed by atoms with Crippen molar-refractivity contribution in [3.63, 3.8) is 0 Å². The Morgan fingerprint density at radius 1 is 1.37 bits per heavy atom. The average Bonchev–Trinajstić information content (AvgIpc) is 2.81. The van der Waals surface area contributed by atoms with Gasteiger partial charge in [-0.05, 0) is 38.5 Å². The van der Waals surface area contributed by atoms with E-state index in [1.54, 1.807) is 17.6 Å². The largest absolute Gasteiger partial charge is 0.308 e. The number of nitrogens with one attached hydrogen (secondary N) is 1. The molecule has 2 aromatic rings. The first-order valence-corrected chi connectivity index (χ1v) is 7.61. The number of benzene rings is 1. The van der Waals surface area contributed by atoms with Crippen LogP contribution >= 0.6 is 23.1 Å². The Labute approximate surface area is 120 Å². The molecule has 1 aromatic carbocycles. The van der Waals surface area contributed by atoms with Gasteiger partial charge in [-0.25, -0.2) is 4.39 Å². The minimum Gasteiger partial charge on any atom is -0.308 e. The smallest absolute Gasteiger partial charge is 0.178 e. The van der Waals surface area contributed by atoms with E-state index in [0.717, 1.165) is 9.90 Å². The topological polar surface area (TPSA) is 37.8 Å². The van der Waals surface area contributed by atoms with E-state index in [2.05, 4.69) is 36.3 Å². The van der Waals surface area contributed by atoms with Crippen LogP contribution in [0.25, 0.3) is 0 Å². The molecule has 0 saturated heterocycles. The second-order valence-electron chi connectivity index (χ2n) is 5.18. The van der Waals surface area contributed by atoms with Crippen molar-refractivity contribution in [1.82, 2.24) is 15.5 Å². The van der Waals surface area contributed by atoms with Gasteiger partial charge in [0.1, 0.15) is 11.3 Å². The van der Waals surface area contributed by atoms with Gasteiger partial charge in [0.05, 0.1) is 4.90 Å². The van der Waals surface area contributed by atoms with E-state index in [4.69, 9.17) is 0 Å². The summed E-state index contributed by atoms with van der Waals surface area (Å²) in [6.45, 7) is 6.92. The van der Waals surface area contributed by atoms with Crippen LogP contribution in [0.3, 0.4) is 0 Å². The van der Waals surface area contributed by atoms with Crippen LogP contribution in [0.1, 0.15) is 26.3 Å². The quantitative estimate of drug-likeness (QED) is 0.933. The van der Waals surface area contributed by atoms with Gasteiger partial charge in [-0.2, -0.15) is 0 Å². The van der Waals surface area contributed by atoms with Gasteiger partial charge in [-0.3, -0.25) is 0 Å². The molecule has 0 fully saturated rings. The number of aromatic nitrogens is 2. The molecular weight excluding hydrogens is 281 g/mol. The molecule has 3 nitrogen and oxygen atoms in total. The average molecular weight is 297 g/mol. The van der Waals surface area contributed by atoms with Crippen molar-refractivity contribution in [2.45, 2.75) is 42.1 Å². The Bertz CT molecular complexity index is 535. The van der Waals surface area contributed by atoms with Gasteiger partial charge in [-0.1, -0.05) is 29.2 Å². The number of halogens is 1. The lowest BCUT2D eigenvalue weighted by Crippen LogP contribution is -2.35. The van der Waals surface area contributed by atoms with E-state index in [0.29, 0.717) is 11.4 Å². The van der Waals surface area contributed by atoms with Crippen molar-refractivity contribution in [2.24, 2.45) is 0 Å². The third-order valence-corrected chi connectivity index (χ3v) is 4.19. The van der Waals surface area contributed by atoms with E-state index in [1.165, 1.54) is 23.1 Å². The maximum Gasteiger partial charge on any atom is 0.178 e. The zero-order valence-electron chi connectivity index (χ0n) is 11.1. The SMILES string of the molecule is CC(C)(C)NCc1ccc(Sc2nncs2)c(F)c1. The lowest BCUT2D eigenvalue weighted by molar-refractivity contribution is 0.423. The second-order valence-corrected chi connectivity index (χ2v) is 7.30. The Kier molecular flexibility index (Phi) is 4.54. The highest BCUT2D eigenvalue weighted by Crippen LogP contribution is 2.30. The molecule has 19 heavy (non-hydrogen) atoms. The number of hydrogen-bond donors (Lipinski definition) is 1. The van der Waals surface area contributed by atoms with E-state index < -0.39 is 0 Å². The summed E-state index contributed by atoms with van der Waals surface area (Å²) in [6, 6.07) is 5.30. The maximum absolute atomic E-state index is 14.0. The van der Waals surface area contributed by atoms with Crippen molar-refractivity contribution in [1.29, 1.82) is 0 Å². The first kappa shape index (κ1) is 14.4. The number of rotatable bonds is 4. The third-order valence-electron chi connectivity index (χ3n) is 2.36. The van der Waals surface area contributed by atoms with Gasteiger partial charge < -0.3 is 5.32 Å². The molecule has 0 spiro atoms. The summed E-state index contributed by atoms with van der Waals surface area (Å²) in [5.41, 5.74) is 2.60. The lowest BCUT2D eigenvalue weighted by Gasteiger charge is -2.20. The van der Waals surface area contributed by atoms with Gasteiger partial charge in [0, 0.05) is 12.1 Å². The van der Waals surface area contributed by atoms with Crippen LogP contribution in [0.15, 0.2) is 32.9 Å². The predicted octanol–water partition coefficient (Wildman–Crippen LogP) is 3.72. The van der Waals surface area contributed by atoms with Crippen LogP contribution in [0.4, 0.5) is 4.39 Å². The van der Waals surface area contributed by atoms with Crippen LogP contribution in [-0.4, -0.2) is 15.7 Å². The monoisotopic (exact) mass is 297 g/mol. The fraction of sp³-hybridized carbons (Fsp3) is 0.385. The third kappa shape index (κ3) is 4.56. The molecule has 1 heterocycles. The van der Waals surface area contributed by atoms with Crippen LogP contribution in [0.5, 0.6) is 0 Å². The van der Waals surface area contributed by atoms with E-state index in [-0.39, 0.29) is 11.4 Å². The van der Waals surface area contributed by atoms with Crippen molar-refractivity contribution < 1.29 is 4.39 Å². The van der Waals surface area contributed by atoms with Gasteiger partial charge >= 0.3 is 0 Å². The minimum absolute atomic E-state index is 0.0243. The molecule has 2 rings (SSSR count). The van der Waals surface area contributed by atoms with E-state index in [1.807, 2.05) is 6.07 Å². The summed E-state index contributed by atoms with van der Waals surface area (Å²) in [7, 11) is 0. The molecule has 102 valence electrons. The van der Waals surface area contributed by atoms with Crippen molar-refractivity contribution in [2.75, 3.05) is 0 Å². The normalized spacial score (nSPS) is 11.8. The molecule has 0 bridgehead atoms. The summed E-state index contributed by atoms with van der Waals surface area (Å²) in [6.07, 6.45) is 0. The first-order valence-electron chi connectivity index (χ1n) is 5.91. The molecule has 0 saturated carbocycles. The number of nitrogens with zero attached hydrogens (tertiary/aromatic N) is 2. The molecule has 0 atom stereocenters. The highest BCUT2D eigenvalue weighted by Gasteiger charge is 2.11. The molecule has 0 aliphatic rings. The van der Waals surface area contributed by atoms with Crippen molar-refractivity contribution >= 4 is 23.1 Å². The van der Waals surface area contributed by atoms with Crippen LogP contribution < -0.4 is 5.32 Å². The lowest BCUT2D eigenvalue weighted by atomic mass is 10.1. The van der Waals surface area contributed by atoms with Crippen LogP contribution in [-0.2, 0) is 6.54 Å². The van der Waals surface area contributed by atoms with Gasteiger partial charge in [0.25, 0.3) is 0 Å². The van der Waals surface area contributed by atoms with Crippen LogP contribution in [0, 0.1) is 5.82 Å². The fourth-order valence-electron chi connectivity index (χ4n) is 1.41. The molecule has 0 aliphatic carbocycles. The number of hydrogen-bond acceptors (Lipinski definition) is 5. The maximum atomic E-state index is 14.0. The highest BCUT2D eigenvalue weighted by molar-refractivity contribution is 8.01. The summed E-state index contributed by atoms with van der Waals surface area (Å²) >= 11 is 2.71. The Balaban J connectivity index is 2.05. The van der Waals surface area contributed by atoms with Gasteiger partial charge in [0.15, 0.2) is 4.34 Å².